The Labute approximate surface area is 179 Å². The first-order valence-corrected chi connectivity index (χ1v) is 11.4. The van der Waals surface area contributed by atoms with Gasteiger partial charge in [0.2, 0.25) is 0 Å². The highest BCUT2D eigenvalue weighted by Gasteiger charge is 2.24. The number of fused-ring (bicyclic) bond motifs is 2. The highest BCUT2D eigenvalue weighted by atomic mass is 16.5. The number of aryl methyl sites for hydroxylation is 2. The van der Waals surface area contributed by atoms with Crippen molar-refractivity contribution in [2.45, 2.75) is 53.1 Å². The highest BCUT2D eigenvalue weighted by molar-refractivity contribution is 5.83. The van der Waals surface area contributed by atoms with Crippen molar-refractivity contribution in [1.82, 2.24) is 24.1 Å². The first kappa shape index (κ1) is 19.8. The van der Waals surface area contributed by atoms with Crippen LogP contribution in [0, 0.1) is 0 Å². The predicted octanol–water partition coefficient (Wildman–Crippen LogP) is 3.27. The SMILES string of the molecule is CCn1nc(CN2CCN(Cc3cn(CC)c4ccccc34)CC2)c2c1CCOC2. The van der Waals surface area contributed by atoms with E-state index in [2.05, 4.69) is 63.4 Å². The molecule has 0 N–H and O–H groups in total. The lowest BCUT2D eigenvalue weighted by molar-refractivity contribution is 0.104. The van der Waals surface area contributed by atoms with Gasteiger partial charge < -0.3 is 9.30 Å². The highest BCUT2D eigenvalue weighted by Crippen LogP contribution is 2.25. The minimum absolute atomic E-state index is 0.728. The molecule has 0 radical (unpaired) electrons. The summed E-state index contributed by atoms with van der Waals surface area (Å²) in [7, 11) is 0. The normalized spacial score (nSPS) is 18.2. The Balaban J connectivity index is 1.23. The van der Waals surface area contributed by atoms with E-state index in [9.17, 15) is 0 Å². The first-order valence-electron chi connectivity index (χ1n) is 11.4. The van der Waals surface area contributed by atoms with Crippen molar-refractivity contribution in [3.05, 3.63) is 53.0 Å². The van der Waals surface area contributed by atoms with Gasteiger partial charge in [0.25, 0.3) is 0 Å². The fraction of sp³-hybridized carbons (Fsp3) is 0.542. The van der Waals surface area contributed by atoms with Gasteiger partial charge in [-0.2, -0.15) is 5.10 Å². The smallest absolute Gasteiger partial charge is 0.0822 e. The largest absolute Gasteiger partial charge is 0.376 e. The van der Waals surface area contributed by atoms with Crippen molar-refractivity contribution in [2.24, 2.45) is 0 Å². The summed E-state index contributed by atoms with van der Waals surface area (Å²) in [5, 5.41) is 6.32. The van der Waals surface area contributed by atoms with Gasteiger partial charge in [-0.3, -0.25) is 14.5 Å². The predicted molar refractivity (Wildman–Crippen MR) is 119 cm³/mol. The van der Waals surface area contributed by atoms with Crippen LogP contribution in [-0.2, 0) is 43.9 Å². The zero-order chi connectivity index (χ0) is 20.5. The van der Waals surface area contributed by atoms with Crippen LogP contribution in [0.3, 0.4) is 0 Å². The summed E-state index contributed by atoms with van der Waals surface area (Å²) in [4.78, 5) is 5.16. The summed E-state index contributed by atoms with van der Waals surface area (Å²) >= 11 is 0. The van der Waals surface area contributed by atoms with Gasteiger partial charge in [0.15, 0.2) is 0 Å². The van der Waals surface area contributed by atoms with Gasteiger partial charge in [-0.15, -0.1) is 0 Å². The van der Waals surface area contributed by atoms with Gasteiger partial charge >= 0.3 is 0 Å². The number of rotatable bonds is 6. The summed E-state index contributed by atoms with van der Waals surface area (Å²) in [6.45, 7) is 14.3. The van der Waals surface area contributed by atoms with Gasteiger partial charge in [-0.25, -0.2) is 0 Å². The Morgan fingerprint density at radius 1 is 0.967 bits per heavy atom. The molecule has 3 aromatic rings. The van der Waals surface area contributed by atoms with Crippen LogP contribution in [-0.4, -0.2) is 56.9 Å². The molecule has 0 bridgehead atoms. The summed E-state index contributed by atoms with van der Waals surface area (Å²) < 4.78 is 10.3. The number of hydrogen-bond donors (Lipinski definition) is 0. The van der Waals surface area contributed by atoms with Crippen molar-refractivity contribution >= 4 is 10.9 Å². The van der Waals surface area contributed by atoms with E-state index in [1.807, 2.05) is 0 Å². The van der Waals surface area contributed by atoms with Crippen LogP contribution in [0.2, 0.25) is 0 Å². The second-order valence-corrected chi connectivity index (χ2v) is 8.50. The van der Waals surface area contributed by atoms with Gasteiger partial charge in [0.05, 0.1) is 18.9 Å². The first-order chi connectivity index (χ1) is 14.8. The molecule has 1 saturated heterocycles. The number of nitrogens with zero attached hydrogens (tertiary/aromatic N) is 5. The van der Waals surface area contributed by atoms with Crippen molar-refractivity contribution < 1.29 is 4.74 Å². The lowest BCUT2D eigenvalue weighted by atomic mass is 10.1. The summed E-state index contributed by atoms with van der Waals surface area (Å²) in [6.07, 6.45) is 3.34. The number of para-hydroxylation sites is 1. The quantitative estimate of drug-likeness (QED) is 0.629. The van der Waals surface area contributed by atoms with Crippen molar-refractivity contribution in [2.75, 3.05) is 32.8 Å². The van der Waals surface area contributed by atoms with E-state index >= 15 is 0 Å². The van der Waals surface area contributed by atoms with Gasteiger partial charge in [0.1, 0.15) is 0 Å². The third kappa shape index (κ3) is 3.68. The monoisotopic (exact) mass is 407 g/mol. The van der Waals surface area contributed by atoms with E-state index in [4.69, 9.17) is 9.84 Å². The number of hydrogen-bond acceptors (Lipinski definition) is 4. The topological polar surface area (TPSA) is 38.5 Å². The molecule has 30 heavy (non-hydrogen) atoms. The second kappa shape index (κ2) is 8.53. The molecule has 0 amide bonds. The maximum Gasteiger partial charge on any atom is 0.0822 e. The van der Waals surface area contributed by atoms with E-state index in [0.29, 0.717) is 0 Å². The Kier molecular flexibility index (Phi) is 5.63. The standard InChI is InChI=1S/C24H33N5O/c1-3-28-16-19(20-7-5-6-8-23(20)28)15-26-10-12-27(13-11-26)17-22-21-18-30-14-9-24(21)29(4-2)25-22/h5-8,16H,3-4,9-15,17-18H2,1-2H3. The van der Waals surface area contributed by atoms with Crippen molar-refractivity contribution in [1.29, 1.82) is 0 Å². The number of aromatic nitrogens is 3. The molecule has 0 spiro atoms. The third-order valence-corrected chi connectivity index (χ3v) is 6.72. The zero-order valence-electron chi connectivity index (χ0n) is 18.3. The molecule has 1 aromatic carbocycles. The molecule has 0 atom stereocenters. The van der Waals surface area contributed by atoms with Gasteiger partial charge in [0, 0.05) is 87.1 Å². The lowest BCUT2D eigenvalue weighted by Gasteiger charge is -2.34. The van der Waals surface area contributed by atoms with E-state index in [1.54, 1.807) is 0 Å². The van der Waals surface area contributed by atoms with Crippen LogP contribution in [0.4, 0.5) is 0 Å². The Bertz CT molecular complexity index is 1010. The lowest BCUT2D eigenvalue weighted by Crippen LogP contribution is -2.45. The minimum Gasteiger partial charge on any atom is -0.376 e. The molecule has 1 fully saturated rings. The van der Waals surface area contributed by atoms with E-state index in [0.717, 1.165) is 72.0 Å². The number of ether oxygens (including phenoxy) is 1. The molecule has 5 rings (SSSR count). The Hall–Kier alpha value is -2.15. The van der Waals surface area contributed by atoms with Crippen molar-refractivity contribution in [3.63, 3.8) is 0 Å². The van der Waals surface area contributed by atoms with Crippen LogP contribution < -0.4 is 0 Å². The molecule has 2 aliphatic rings. The maximum atomic E-state index is 5.73. The second-order valence-electron chi connectivity index (χ2n) is 8.50. The summed E-state index contributed by atoms with van der Waals surface area (Å²) in [6, 6.07) is 8.80. The van der Waals surface area contributed by atoms with E-state index in [1.165, 1.54) is 33.4 Å². The van der Waals surface area contributed by atoms with Gasteiger partial charge in [-0.05, 0) is 25.5 Å². The molecule has 2 aromatic heterocycles. The fourth-order valence-electron chi connectivity index (χ4n) is 5.04. The molecule has 6 heteroatoms. The zero-order valence-corrected chi connectivity index (χ0v) is 18.3. The Morgan fingerprint density at radius 2 is 1.73 bits per heavy atom. The molecule has 160 valence electrons. The summed E-state index contributed by atoms with van der Waals surface area (Å²) in [5.41, 5.74) is 6.77. The van der Waals surface area contributed by atoms with Crippen LogP contribution in [0.5, 0.6) is 0 Å². The van der Waals surface area contributed by atoms with E-state index in [-0.39, 0.29) is 0 Å². The minimum atomic E-state index is 0.728. The molecular weight excluding hydrogens is 374 g/mol. The van der Waals surface area contributed by atoms with Crippen molar-refractivity contribution in [3.8, 4) is 0 Å². The molecular formula is C24H33N5O. The van der Waals surface area contributed by atoms with Crippen LogP contribution >= 0.6 is 0 Å². The maximum absolute atomic E-state index is 5.73. The Morgan fingerprint density at radius 3 is 2.50 bits per heavy atom. The summed E-state index contributed by atoms with van der Waals surface area (Å²) in [5.74, 6) is 0. The van der Waals surface area contributed by atoms with Crippen LogP contribution in [0.15, 0.2) is 30.5 Å². The molecule has 0 saturated carbocycles. The molecule has 6 nitrogen and oxygen atoms in total. The van der Waals surface area contributed by atoms with E-state index < -0.39 is 0 Å². The van der Waals surface area contributed by atoms with Gasteiger partial charge in [-0.1, -0.05) is 18.2 Å². The van der Waals surface area contributed by atoms with Crippen LogP contribution in [0.25, 0.3) is 10.9 Å². The fourth-order valence-corrected chi connectivity index (χ4v) is 5.04. The average Bonchev–Trinajstić information content (AvgIpc) is 3.33. The molecule has 0 aliphatic carbocycles. The number of piperazine rings is 1. The third-order valence-electron chi connectivity index (χ3n) is 6.72. The molecule has 2 aliphatic heterocycles. The number of benzene rings is 1. The average molecular weight is 408 g/mol. The van der Waals surface area contributed by atoms with Crippen LogP contribution in [0.1, 0.15) is 36.4 Å². The molecule has 0 unspecified atom stereocenters. The molecule has 4 heterocycles.